The van der Waals surface area contributed by atoms with Crippen LogP contribution in [0.4, 0.5) is 14.9 Å². The summed E-state index contributed by atoms with van der Waals surface area (Å²) in [4.78, 5) is 11.7. The molecule has 1 aliphatic rings. The third-order valence-corrected chi connectivity index (χ3v) is 3.53. The molecule has 1 saturated carbocycles. The van der Waals surface area contributed by atoms with Gasteiger partial charge in [-0.25, -0.2) is 9.18 Å². The molecule has 0 bridgehead atoms. The number of urea groups is 1. The molecule has 0 saturated heterocycles. The summed E-state index contributed by atoms with van der Waals surface area (Å²) in [6, 6.07) is 5.39. The second kappa shape index (κ2) is 6.36. The Hall–Kier alpha value is -1.84. The van der Waals surface area contributed by atoms with Crippen molar-refractivity contribution < 1.29 is 9.18 Å². The van der Waals surface area contributed by atoms with Gasteiger partial charge in [0.1, 0.15) is 5.82 Å². The van der Waals surface area contributed by atoms with Gasteiger partial charge in [-0.15, -0.1) is 0 Å². The van der Waals surface area contributed by atoms with E-state index >= 15 is 0 Å². The molecule has 0 radical (unpaired) electrons. The molecule has 3 nitrogen and oxygen atoms in total. The van der Waals surface area contributed by atoms with Crippen LogP contribution in [0.25, 0.3) is 0 Å². The third-order valence-electron chi connectivity index (χ3n) is 3.53. The molecule has 1 aromatic carbocycles. The molecular weight excluding hydrogens is 243 g/mol. The molecule has 2 amide bonds. The standard InChI is InChI=1S/C15H19FN2O/c1-11(12-4-2-3-5-12)10-17-15(19)18-14-8-6-13(16)7-9-14/h6-10,12H,2-5H2,1H3,(H2,17,18,19)/b11-10+. The number of anilines is 1. The third kappa shape index (κ3) is 4.09. The van der Waals surface area contributed by atoms with E-state index in [0.29, 0.717) is 11.6 Å². The second-order valence-electron chi connectivity index (χ2n) is 4.98. The average Bonchev–Trinajstić information content (AvgIpc) is 2.93. The molecule has 102 valence electrons. The number of allylic oxidation sites excluding steroid dienone is 1. The molecule has 4 heteroatoms. The Morgan fingerprint density at radius 2 is 1.89 bits per heavy atom. The molecule has 1 fully saturated rings. The lowest BCUT2D eigenvalue weighted by atomic mass is 10.0. The van der Waals surface area contributed by atoms with Crippen molar-refractivity contribution in [3.05, 3.63) is 41.9 Å². The molecule has 2 N–H and O–H groups in total. The van der Waals surface area contributed by atoms with Crippen LogP contribution in [-0.4, -0.2) is 6.03 Å². The molecule has 0 atom stereocenters. The number of hydrogen-bond acceptors (Lipinski definition) is 1. The van der Waals surface area contributed by atoms with Gasteiger partial charge in [-0.2, -0.15) is 0 Å². The van der Waals surface area contributed by atoms with Gasteiger partial charge in [-0.05, 0) is 49.9 Å². The van der Waals surface area contributed by atoms with E-state index in [9.17, 15) is 9.18 Å². The van der Waals surface area contributed by atoms with Gasteiger partial charge in [-0.3, -0.25) is 0 Å². The first-order valence-electron chi connectivity index (χ1n) is 6.65. The first-order valence-corrected chi connectivity index (χ1v) is 6.65. The van der Waals surface area contributed by atoms with E-state index in [0.717, 1.165) is 0 Å². The van der Waals surface area contributed by atoms with Crippen LogP contribution < -0.4 is 10.6 Å². The normalized spacial score (nSPS) is 16.4. The predicted octanol–water partition coefficient (Wildman–Crippen LogP) is 4.04. The summed E-state index contributed by atoms with van der Waals surface area (Å²) < 4.78 is 12.7. The summed E-state index contributed by atoms with van der Waals surface area (Å²) in [6.07, 6.45) is 6.75. The lowest BCUT2D eigenvalue weighted by Crippen LogP contribution is -2.24. The van der Waals surface area contributed by atoms with E-state index in [1.54, 1.807) is 6.20 Å². The van der Waals surface area contributed by atoms with Gasteiger partial charge in [0.2, 0.25) is 0 Å². The van der Waals surface area contributed by atoms with Crippen molar-refractivity contribution in [1.29, 1.82) is 0 Å². The average molecular weight is 262 g/mol. The number of carbonyl (C=O) groups excluding carboxylic acids is 1. The number of hydrogen-bond donors (Lipinski definition) is 2. The fourth-order valence-corrected chi connectivity index (χ4v) is 2.38. The monoisotopic (exact) mass is 262 g/mol. The van der Waals surface area contributed by atoms with E-state index < -0.39 is 0 Å². The van der Waals surface area contributed by atoms with Gasteiger partial charge < -0.3 is 10.6 Å². The molecule has 19 heavy (non-hydrogen) atoms. The number of rotatable bonds is 3. The van der Waals surface area contributed by atoms with Crippen molar-refractivity contribution in [3.8, 4) is 0 Å². The van der Waals surface area contributed by atoms with Crippen LogP contribution >= 0.6 is 0 Å². The Kier molecular flexibility index (Phi) is 4.55. The van der Waals surface area contributed by atoms with Crippen molar-refractivity contribution in [1.82, 2.24) is 5.32 Å². The lowest BCUT2D eigenvalue weighted by molar-refractivity contribution is 0.255. The minimum Gasteiger partial charge on any atom is -0.314 e. The van der Waals surface area contributed by atoms with Crippen molar-refractivity contribution in [2.24, 2.45) is 5.92 Å². The summed E-state index contributed by atoms with van der Waals surface area (Å²) in [6.45, 7) is 2.05. The van der Waals surface area contributed by atoms with Crippen LogP contribution in [0.1, 0.15) is 32.6 Å². The van der Waals surface area contributed by atoms with E-state index in [1.807, 2.05) is 6.92 Å². The number of benzene rings is 1. The van der Waals surface area contributed by atoms with Crippen LogP contribution in [0.2, 0.25) is 0 Å². The number of carbonyl (C=O) groups is 1. The molecular formula is C15H19FN2O. The zero-order chi connectivity index (χ0) is 13.7. The smallest absolute Gasteiger partial charge is 0.314 e. The van der Waals surface area contributed by atoms with Crippen molar-refractivity contribution in [2.45, 2.75) is 32.6 Å². The minimum absolute atomic E-state index is 0.302. The summed E-state index contributed by atoms with van der Waals surface area (Å²) in [5.74, 6) is 0.286. The van der Waals surface area contributed by atoms with E-state index in [-0.39, 0.29) is 11.8 Å². The maximum atomic E-state index is 12.7. The fourth-order valence-electron chi connectivity index (χ4n) is 2.38. The topological polar surface area (TPSA) is 41.1 Å². The SMILES string of the molecule is C/C(=C\NC(=O)Nc1ccc(F)cc1)C1CCCC1. The largest absolute Gasteiger partial charge is 0.323 e. The zero-order valence-corrected chi connectivity index (χ0v) is 11.1. The van der Waals surface area contributed by atoms with Crippen molar-refractivity contribution in [2.75, 3.05) is 5.32 Å². The maximum absolute atomic E-state index is 12.7. The maximum Gasteiger partial charge on any atom is 0.323 e. The summed E-state index contributed by atoms with van der Waals surface area (Å²) in [7, 11) is 0. The van der Waals surface area contributed by atoms with Crippen LogP contribution in [-0.2, 0) is 0 Å². The Morgan fingerprint density at radius 3 is 2.53 bits per heavy atom. The number of amides is 2. The van der Waals surface area contributed by atoms with Crippen molar-refractivity contribution >= 4 is 11.7 Å². The first kappa shape index (κ1) is 13.6. The summed E-state index contributed by atoms with van der Waals surface area (Å²) in [5, 5.41) is 5.37. The quantitative estimate of drug-likeness (QED) is 0.848. The molecule has 0 unspecified atom stereocenters. The highest BCUT2D eigenvalue weighted by Gasteiger charge is 2.16. The van der Waals surface area contributed by atoms with Gasteiger partial charge in [0.05, 0.1) is 0 Å². The van der Waals surface area contributed by atoms with Gasteiger partial charge in [-0.1, -0.05) is 18.4 Å². The first-order chi connectivity index (χ1) is 9.15. The molecule has 0 aromatic heterocycles. The Bertz CT molecular complexity index is 462. The Balaban J connectivity index is 1.83. The number of nitrogens with one attached hydrogen (secondary N) is 2. The van der Waals surface area contributed by atoms with Crippen LogP contribution in [0.15, 0.2) is 36.0 Å². The highest BCUT2D eigenvalue weighted by molar-refractivity contribution is 5.89. The molecule has 0 heterocycles. The molecule has 0 spiro atoms. The van der Waals surface area contributed by atoms with Crippen LogP contribution in [0.3, 0.4) is 0 Å². The Morgan fingerprint density at radius 1 is 1.26 bits per heavy atom. The minimum atomic E-state index is -0.317. The van der Waals surface area contributed by atoms with Crippen molar-refractivity contribution in [3.63, 3.8) is 0 Å². The highest BCUT2D eigenvalue weighted by Crippen LogP contribution is 2.30. The molecule has 0 aliphatic heterocycles. The van der Waals surface area contributed by atoms with E-state index in [1.165, 1.54) is 55.5 Å². The predicted molar refractivity (Wildman–Crippen MR) is 74.3 cm³/mol. The lowest BCUT2D eigenvalue weighted by Gasteiger charge is -2.10. The molecule has 1 aliphatic carbocycles. The van der Waals surface area contributed by atoms with Gasteiger partial charge in [0.15, 0.2) is 0 Å². The molecule has 1 aromatic rings. The van der Waals surface area contributed by atoms with Gasteiger partial charge >= 0.3 is 6.03 Å². The number of halogens is 1. The van der Waals surface area contributed by atoms with Crippen LogP contribution in [0.5, 0.6) is 0 Å². The van der Waals surface area contributed by atoms with E-state index in [2.05, 4.69) is 10.6 Å². The van der Waals surface area contributed by atoms with Gasteiger partial charge in [0, 0.05) is 11.9 Å². The summed E-state index contributed by atoms with van der Waals surface area (Å²) >= 11 is 0. The fraction of sp³-hybridized carbons (Fsp3) is 0.400. The molecule has 2 rings (SSSR count). The zero-order valence-electron chi connectivity index (χ0n) is 11.1. The highest BCUT2D eigenvalue weighted by atomic mass is 19.1. The Labute approximate surface area is 112 Å². The van der Waals surface area contributed by atoms with Crippen LogP contribution in [0, 0.1) is 11.7 Å². The summed E-state index contributed by atoms with van der Waals surface area (Å²) in [5.41, 5.74) is 1.79. The van der Waals surface area contributed by atoms with E-state index in [4.69, 9.17) is 0 Å². The second-order valence-corrected chi connectivity index (χ2v) is 4.98. The van der Waals surface area contributed by atoms with Gasteiger partial charge in [0.25, 0.3) is 0 Å².